The molecule has 0 radical (unpaired) electrons. The molecular formula is C11H17NO4S2. The minimum atomic E-state index is -3.59. The second kappa shape index (κ2) is 5.38. The Kier molecular flexibility index (Phi) is 4.52. The number of carboxylic acid groups (broad SMARTS) is 1. The SMILES string of the molecule is CC(C)(C)CCNS(=O)(=O)c1cc(C(=O)O)cs1. The summed E-state index contributed by atoms with van der Waals surface area (Å²) in [5.41, 5.74) is 0.0423. The largest absolute Gasteiger partial charge is 0.478 e. The normalized spacial score (nSPS) is 12.6. The molecule has 0 aromatic carbocycles. The number of sulfonamides is 1. The van der Waals surface area contributed by atoms with Gasteiger partial charge >= 0.3 is 5.97 Å². The maximum atomic E-state index is 11.9. The molecule has 0 saturated carbocycles. The topological polar surface area (TPSA) is 83.5 Å². The van der Waals surface area contributed by atoms with E-state index in [0.717, 1.165) is 11.3 Å². The second-order valence-electron chi connectivity index (χ2n) is 5.17. The number of carboxylic acids is 1. The lowest BCUT2D eigenvalue weighted by molar-refractivity contribution is 0.0697. The minimum Gasteiger partial charge on any atom is -0.478 e. The third-order valence-electron chi connectivity index (χ3n) is 2.25. The first kappa shape index (κ1) is 15.1. The summed E-state index contributed by atoms with van der Waals surface area (Å²) in [4.78, 5) is 10.7. The summed E-state index contributed by atoms with van der Waals surface area (Å²) in [6.07, 6.45) is 0.712. The lowest BCUT2D eigenvalue weighted by Gasteiger charge is -2.17. The Morgan fingerprint density at radius 1 is 1.44 bits per heavy atom. The zero-order chi connectivity index (χ0) is 14.0. The number of hydrogen-bond acceptors (Lipinski definition) is 4. The Bertz CT molecular complexity index is 525. The Hall–Kier alpha value is -0.920. The molecule has 0 unspecified atom stereocenters. The van der Waals surface area contributed by atoms with Crippen molar-refractivity contribution in [1.29, 1.82) is 0 Å². The number of nitrogens with one attached hydrogen (secondary N) is 1. The molecule has 1 rings (SSSR count). The van der Waals surface area contributed by atoms with Crippen molar-refractivity contribution in [1.82, 2.24) is 4.72 Å². The van der Waals surface area contributed by atoms with Crippen LogP contribution in [0.25, 0.3) is 0 Å². The fourth-order valence-electron chi connectivity index (χ4n) is 1.20. The van der Waals surface area contributed by atoms with Gasteiger partial charge < -0.3 is 5.11 Å². The summed E-state index contributed by atoms with van der Waals surface area (Å²) in [5, 5.41) is 10.1. The smallest absolute Gasteiger partial charge is 0.336 e. The molecule has 0 fully saturated rings. The van der Waals surface area contributed by atoms with Crippen LogP contribution in [-0.2, 0) is 10.0 Å². The van der Waals surface area contributed by atoms with Gasteiger partial charge in [-0.1, -0.05) is 20.8 Å². The van der Waals surface area contributed by atoms with Crippen molar-refractivity contribution in [3.8, 4) is 0 Å². The fourth-order valence-corrected chi connectivity index (χ4v) is 3.43. The summed E-state index contributed by atoms with van der Waals surface area (Å²) < 4.78 is 26.2. The molecule has 102 valence electrons. The Balaban J connectivity index is 2.71. The molecule has 0 bridgehead atoms. The highest BCUT2D eigenvalue weighted by atomic mass is 32.2. The van der Waals surface area contributed by atoms with Crippen LogP contribution in [0.4, 0.5) is 0 Å². The molecule has 0 amide bonds. The zero-order valence-corrected chi connectivity index (χ0v) is 12.2. The van der Waals surface area contributed by atoms with E-state index >= 15 is 0 Å². The van der Waals surface area contributed by atoms with Gasteiger partial charge in [-0.3, -0.25) is 0 Å². The molecule has 2 N–H and O–H groups in total. The van der Waals surface area contributed by atoms with Gasteiger partial charge in [0, 0.05) is 11.9 Å². The third kappa shape index (κ3) is 4.40. The van der Waals surface area contributed by atoms with Crippen molar-refractivity contribution >= 4 is 27.3 Å². The number of hydrogen-bond donors (Lipinski definition) is 2. The Morgan fingerprint density at radius 3 is 2.50 bits per heavy atom. The van der Waals surface area contributed by atoms with Gasteiger partial charge in [-0.25, -0.2) is 17.9 Å². The van der Waals surface area contributed by atoms with Crippen LogP contribution in [0.1, 0.15) is 37.6 Å². The van der Waals surface area contributed by atoms with Gasteiger partial charge in [0.25, 0.3) is 0 Å². The molecule has 5 nitrogen and oxygen atoms in total. The lowest BCUT2D eigenvalue weighted by atomic mass is 9.93. The first-order chi connectivity index (χ1) is 8.12. The molecule has 0 aliphatic rings. The van der Waals surface area contributed by atoms with Crippen LogP contribution in [0.2, 0.25) is 0 Å². The number of thiophene rings is 1. The van der Waals surface area contributed by atoms with Crippen LogP contribution in [-0.4, -0.2) is 26.0 Å². The molecule has 0 spiro atoms. The van der Waals surface area contributed by atoms with Crippen LogP contribution >= 0.6 is 11.3 Å². The number of aromatic carboxylic acids is 1. The average Bonchev–Trinajstić information content (AvgIpc) is 2.63. The van der Waals surface area contributed by atoms with Crippen molar-refractivity contribution in [2.24, 2.45) is 5.41 Å². The van der Waals surface area contributed by atoms with E-state index < -0.39 is 16.0 Å². The van der Waals surface area contributed by atoms with E-state index in [0.29, 0.717) is 13.0 Å². The molecule has 18 heavy (non-hydrogen) atoms. The quantitative estimate of drug-likeness (QED) is 0.870. The molecular weight excluding hydrogens is 274 g/mol. The van der Waals surface area contributed by atoms with Crippen molar-refractivity contribution in [3.63, 3.8) is 0 Å². The van der Waals surface area contributed by atoms with E-state index in [2.05, 4.69) is 4.72 Å². The van der Waals surface area contributed by atoms with Crippen molar-refractivity contribution < 1.29 is 18.3 Å². The van der Waals surface area contributed by atoms with Crippen LogP contribution in [0.3, 0.4) is 0 Å². The van der Waals surface area contributed by atoms with Crippen LogP contribution in [0, 0.1) is 5.41 Å². The van der Waals surface area contributed by atoms with Crippen LogP contribution in [0.15, 0.2) is 15.7 Å². The second-order valence-corrected chi connectivity index (χ2v) is 8.07. The van der Waals surface area contributed by atoms with Gasteiger partial charge in [0.15, 0.2) is 0 Å². The summed E-state index contributed by atoms with van der Waals surface area (Å²) in [6, 6.07) is 1.17. The highest BCUT2D eigenvalue weighted by molar-refractivity contribution is 7.91. The van der Waals surface area contributed by atoms with Gasteiger partial charge in [0.05, 0.1) is 5.56 Å². The van der Waals surface area contributed by atoms with Crippen molar-refractivity contribution in [3.05, 3.63) is 17.0 Å². The van der Waals surface area contributed by atoms with E-state index in [9.17, 15) is 13.2 Å². The molecule has 1 aromatic rings. The molecule has 0 atom stereocenters. The van der Waals surface area contributed by atoms with E-state index in [1.807, 2.05) is 20.8 Å². The summed E-state index contributed by atoms with van der Waals surface area (Å²) in [5.74, 6) is -1.12. The van der Waals surface area contributed by atoms with Gasteiger partial charge in [0.2, 0.25) is 10.0 Å². The standard InChI is InChI=1S/C11H17NO4S2/c1-11(2,3)4-5-12-18(15,16)9-6-8(7-17-9)10(13)14/h6-7,12H,4-5H2,1-3H3,(H,13,14). The summed E-state index contributed by atoms with van der Waals surface area (Å²) in [7, 11) is -3.59. The molecule has 0 aliphatic heterocycles. The van der Waals surface area contributed by atoms with E-state index in [1.165, 1.54) is 11.4 Å². The lowest BCUT2D eigenvalue weighted by Crippen LogP contribution is -2.26. The molecule has 0 saturated heterocycles. The minimum absolute atomic E-state index is 0.00352. The zero-order valence-electron chi connectivity index (χ0n) is 10.6. The number of carbonyl (C=O) groups is 1. The van der Waals surface area contributed by atoms with Crippen molar-refractivity contribution in [2.45, 2.75) is 31.4 Å². The first-order valence-electron chi connectivity index (χ1n) is 5.43. The van der Waals surface area contributed by atoms with Crippen LogP contribution in [0.5, 0.6) is 0 Å². The summed E-state index contributed by atoms with van der Waals surface area (Å²) >= 11 is 0.911. The average molecular weight is 291 g/mol. The monoisotopic (exact) mass is 291 g/mol. The van der Waals surface area contributed by atoms with Gasteiger partial charge in [0.1, 0.15) is 4.21 Å². The van der Waals surface area contributed by atoms with E-state index in [-0.39, 0.29) is 15.2 Å². The van der Waals surface area contributed by atoms with E-state index in [1.54, 1.807) is 0 Å². The highest BCUT2D eigenvalue weighted by Crippen LogP contribution is 2.21. The number of rotatable bonds is 5. The highest BCUT2D eigenvalue weighted by Gasteiger charge is 2.19. The van der Waals surface area contributed by atoms with Gasteiger partial charge in [-0.2, -0.15) is 0 Å². The van der Waals surface area contributed by atoms with Gasteiger partial charge in [-0.15, -0.1) is 11.3 Å². The molecule has 0 aliphatic carbocycles. The first-order valence-corrected chi connectivity index (χ1v) is 7.80. The predicted molar refractivity (Wildman–Crippen MR) is 70.5 cm³/mol. The molecule has 7 heteroatoms. The molecule has 1 aromatic heterocycles. The Morgan fingerprint density at radius 2 is 2.06 bits per heavy atom. The predicted octanol–water partition coefficient (Wildman–Crippen LogP) is 2.16. The van der Waals surface area contributed by atoms with Crippen LogP contribution < -0.4 is 4.72 Å². The maximum absolute atomic E-state index is 11.9. The molecule has 1 heterocycles. The fraction of sp³-hybridized carbons (Fsp3) is 0.545. The maximum Gasteiger partial charge on any atom is 0.336 e. The van der Waals surface area contributed by atoms with Gasteiger partial charge in [-0.05, 0) is 17.9 Å². The van der Waals surface area contributed by atoms with Crippen molar-refractivity contribution in [2.75, 3.05) is 6.54 Å². The third-order valence-corrected chi connectivity index (χ3v) is 5.15. The summed E-state index contributed by atoms with van der Waals surface area (Å²) in [6.45, 7) is 6.41. The Labute approximate surface area is 111 Å². The van der Waals surface area contributed by atoms with E-state index in [4.69, 9.17) is 5.11 Å².